The van der Waals surface area contributed by atoms with Crippen molar-refractivity contribution in [1.29, 1.82) is 0 Å². The van der Waals surface area contributed by atoms with E-state index in [-0.39, 0.29) is 0 Å². The van der Waals surface area contributed by atoms with Crippen molar-refractivity contribution in [3.8, 4) is 0 Å². The summed E-state index contributed by atoms with van der Waals surface area (Å²) in [4.78, 5) is 0. The number of hydrogen-bond acceptors (Lipinski definition) is 2. The van der Waals surface area contributed by atoms with Crippen LogP contribution in [0.5, 0.6) is 0 Å². The Kier molecular flexibility index (Phi) is 6.76. The number of thiocarbonyl (C=S) groups is 1. The summed E-state index contributed by atoms with van der Waals surface area (Å²) in [5.74, 6) is 0. The maximum atomic E-state index is 4.88. The zero-order valence-electron chi connectivity index (χ0n) is 4.64. The van der Waals surface area contributed by atoms with Gasteiger partial charge in [-0.25, -0.2) is 0 Å². The molecule has 0 saturated heterocycles. The second-order valence-electron chi connectivity index (χ2n) is 1.30. The van der Waals surface area contributed by atoms with Crippen LogP contribution in [0.1, 0.15) is 13.3 Å². The van der Waals surface area contributed by atoms with Crippen molar-refractivity contribution in [2.45, 2.75) is 13.3 Å². The summed E-state index contributed by atoms with van der Waals surface area (Å²) in [6, 6.07) is 0. The SMILES string of the molecule is CCCNC(=S)[S][Mo]. The summed E-state index contributed by atoms with van der Waals surface area (Å²) < 4.78 is 0.900. The zero-order valence-corrected chi connectivity index (χ0v) is 8.28. The van der Waals surface area contributed by atoms with Gasteiger partial charge in [0.15, 0.2) is 0 Å². The minimum atomic E-state index is 0.900. The van der Waals surface area contributed by atoms with Gasteiger partial charge in [-0.15, -0.1) is 0 Å². The van der Waals surface area contributed by atoms with Gasteiger partial charge in [0.2, 0.25) is 0 Å². The Morgan fingerprint density at radius 1 is 1.88 bits per heavy atom. The van der Waals surface area contributed by atoms with Crippen molar-refractivity contribution in [2.75, 3.05) is 6.54 Å². The molecular weight excluding hydrogens is 222 g/mol. The molecule has 4 heteroatoms. The number of rotatable bonds is 2. The van der Waals surface area contributed by atoms with Crippen molar-refractivity contribution >= 4 is 26.0 Å². The van der Waals surface area contributed by atoms with Crippen LogP contribution in [-0.4, -0.2) is 10.9 Å². The Morgan fingerprint density at radius 2 is 2.50 bits per heavy atom. The van der Waals surface area contributed by atoms with Crippen LogP contribution in [0.3, 0.4) is 0 Å². The van der Waals surface area contributed by atoms with Crippen molar-refractivity contribution < 1.29 is 18.5 Å². The Morgan fingerprint density at radius 3 is 2.88 bits per heavy atom. The standard InChI is InChI=1S/C4H9NS2.Mo/c1-2-3-5-4(6)7;/h2-3H2,1H3,(H2,5,6,7);/q;+1/p-1. The van der Waals surface area contributed by atoms with Crippen LogP contribution in [-0.2, 0) is 18.5 Å². The normalized spacial score (nSPS) is 8.62. The molecule has 0 aromatic carbocycles. The Bertz CT molecular complexity index is 76.4. The molecule has 0 saturated carbocycles. The van der Waals surface area contributed by atoms with Crippen LogP contribution in [0.15, 0.2) is 0 Å². The van der Waals surface area contributed by atoms with Crippen LogP contribution in [0, 0.1) is 0 Å². The Labute approximate surface area is 69.6 Å². The third kappa shape index (κ3) is 5.07. The second kappa shape index (κ2) is 6.05. The van der Waals surface area contributed by atoms with E-state index >= 15 is 0 Å². The summed E-state index contributed by atoms with van der Waals surface area (Å²) in [7, 11) is 1.60. The molecule has 0 aromatic rings. The first-order valence-electron chi connectivity index (χ1n) is 2.39. The minimum absolute atomic E-state index is 0.900. The fraction of sp³-hybridized carbons (Fsp3) is 0.750. The molecule has 0 aliphatic heterocycles. The van der Waals surface area contributed by atoms with Crippen molar-refractivity contribution in [3.05, 3.63) is 0 Å². The fourth-order valence-corrected chi connectivity index (χ4v) is 0.954. The van der Waals surface area contributed by atoms with Gasteiger partial charge in [0.1, 0.15) is 0 Å². The van der Waals surface area contributed by atoms with Crippen molar-refractivity contribution in [3.63, 3.8) is 0 Å². The molecule has 1 N–H and O–H groups in total. The molecule has 0 fully saturated rings. The first-order valence-corrected chi connectivity index (χ1v) is 5.99. The summed E-state index contributed by atoms with van der Waals surface area (Å²) in [5.41, 5.74) is 0. The zero-order chi connectivity index (χ0) is 6.41. The van der Waals surface area contributed by atoms with Crippen molar-refractivity contribution in [2.24, 2.45) is 0 Å². The molecule has 47 valence electrons. The van der Waals surface area contributed by atoms with Gasteiger partial charge < -0.3 is 0 Å². The molecule has 0 aliphatic rings. The van der Waals surface area contributed by atoms with Crippen LogP contribution in [0.2, 0.25) is 0 Å². The van der Waals surface area contributed by atoms with Crippen molar-refractivity contribution in [1.82, 2.24) is 5.32 Å². The monoisotopic (exact) mass is 232 g/mol. The van der Waals surface area contributed by atoms with Crippen LogP contribution in [0.4, 0.5) is 0 Å². The summed E-state index contributed by atoms with van der Waals surface area (Å²) >= 11 is 6.79. The summed E-state index contributed by atoms with van der Waals surface area (Å²) in [6.07, 6.45) is 1.14. The quantitative estimate of drug-likeness (QED) is 0.570. The van der Waals surface area contributed by atoms with Gasteiger partial charge in [-0.3, -0.25) is 0 Å². The van der Waals surface area contributed by atoms with Gasteiger partial charge >= 0.3 is 69.7 Å². The van der Waals surface area contributed by atoms with Gasteiger partial charge in [0, 0.05) is 0 Å². The predicted molar refractivity (Wildman–Crippen MR) is 38.5 cm³/mol. The van der Waals surface area contributed by atoms with Gasteiger partial charge in [0.25, 0.3) is 0 Å². The molecule has 0 radical (unpaired) electrons. The van der Waals surface area contributed by atoms with Gasteiger partial charge in [-0.1, -0.05) is 0 Å². The molecule has 0 heterocycles. The number of hydrogen-bond donors (Lipinski definition) is 1. The third-order valence-electron chi connectivity index (χ3n) is 0.595. The third-order valence-corrected chi connectivity index (χ3v) is 3.36. The molecule has 0 rings (SSSR count). The Balaban J connectivity index is 2.99. The van der Waals surface area contributed by atoms with E-state index in [1.54, 1.807) is 9.47 Å². The molecule has 0 bridgehead atoms. The predicted octanol–water partition coefficient (Wildman–Crippen LogP) is 1.47. The van der Waals surface area contributed by atoms with Crippen LogP contribution in [0.25, 0.3) is 0 Å². The fourth-order valence-electron chi connectivity index (χ4n) is 0.257. The van der Waals surface area contributed by atoms with Gasteiger partial charge in [-0.2, -0.15) is 0 Å². The molecule has 0 amide bonds. The average Bonchev–Trinajstić information content (AvgIpc) is 1.83. The van der Waals surface area contributed by atoms with E-state index in [2.05, 4.69) is 12.2 Å². The first kappa shape index (κ1) is 8.93. The summed E-state index contributed by atoms with van der Waals surface area (Å²) in [5, 5.41) is 3.08. The average molecular weight is 230 g/mol. The van der Waals surface area contributed by atoms with E-state index in [1.165, 1.54) is 0 Å². The van der Waals surface area contributed by atoms with E-state index in [0.717, 1.165) is 17.3 Å². The molecule has 0 aliphatic carbocycles. The van der Waals surface area contributed by atoms with Gasteiger partial charge in [0.05, 0.1) is 0 Å². The van der Waals surface area contributed by atoms with E-state index in [1.807, 2.05) is 18.5 Å². The molecule has 0 spiro atoms. The Hall–Kier alpha value is 0.928. The summed E-state index contributed by atoms with van der Waals surface area (Å²) in [6.45, 7) is 3.12. The van der Waals surface area contributed by atoms with Crippen LogP contribution >= 0.6 is 21.7 Å². The molecular formula is C4H8MoNS2. The first-order chi connectivity index (χ1) is 3.81. The molecule has 8 heavy (non-hydrogen) atoms. The molecule has 0 unspecified atom stereocenters. The molecule has 0 aromatic heterocycles. The van der Waals surface area contributed by atoms with E-state index in [0.29, 0.717) is 0 Å². The molecule has 1 nitrogen and oxygen atoms in total. The van der Waals surface area contributed by atoms with E-state index in [4.69, 9.17) is 12.2 Å². The van der Waals surface area contributed by atoms with Crippen LogP contribution < -0.4 is 5.32 Å². The second-order valence-corrected chi connectivity index (χ2v) is 3.77. The topological polar surface area (TPSA) is 12.0 Å². The van der Waals surface area contributed by atoms with E-state index < -0.39 is 0 Å². The van der Waals surface area contributed by atoms with E-state index in [9.17, 15) is 0 Å². The number of nitrogens with one attached hydrogen (secondary N) is 1. The molecule has 0 atom stereocenters. The van der Waals surface area contributed by atoms with Gasteiger partial charge in [-0.05, 0) is 0 Å². The maximum absolute atomic E-state index is 4.88.